The molecule has 3 heterocycles. The topological polar surface area (TPSA) is 88.6 Å². The van der Waals surface area contributed by atoms with Crippen LogP contribution in [-0.2, 0) is 14.8 Å². The van der Waals surface area contributed by atoms with Gasteiger partial charge in [0.05, 0.1) is 28.1 Å². The van der Waals surface area contributed by atoms with Crippen molar-refractivity contribution >= 4 is 50.6 Å². The number of amides is 1. The fraction of sp³-hybridized carbons (Fsp3) is 0.429. The Balaban J connectivity index is 1.64. The number of rotatable bonds is 4. The summed E-state index contributed by atoms with van der Waals surface area (Å²) < 4.78 is 31.9. The summed E-state index contributed by atoms with van der Waals surface area (Å²) in [5, 5.41) is 3.03. The van der Waals surface area contributed by atoms with Crippen molar-refractivity contribution in [3.63, 3.8) is 0 Å². The molecule has 4 rings (SSSR count). The minimum absolute atomic E-state index is 0.157. The molecular weight excluding hydrogens is 461 g/mol. The molecule has 7 nitrogen and oxygen atoms in total. The summed E-state index contributed by atoms with van der Waals surface area (Å²) >= 11 is 12.6. The molecule has 1 amide bonds. The zero-order valence-corrected chi connectivity index (χ0v) is 19.5. The molecule has 2 fully saturated rings. The lowest BCUT2D eigenvalue weighted by Gasteiger charge is -2.19. The largest absolute Gasteiger partial charge is 0.381 e. The van der Waals surface area contributed by atoms with Gasteiger partial charge < -0.3 is 10.1 Å². The van der Waals surface area contributed by atoms with E-state index in [9.17, 15) is 13.2 Å². The van der Waals surface area contributed by atoms with Gasteiger partial charge in [0.1, 0.15) is 5.82 Å². The molecule has 0 bridgehead atoms. The third kappa shape index (κ3) is 4.39. The Hall–Kier alpha value is -1.87. The number of carbonyl (C=O) groups excluding carboxylic acids is 1. The van der Waals surface area contributed by atoms with Gasteiger partial charge in [0, 0.05) is 29.8 Å². The summed E-state index contributed by atoms with van der Waals surface area (Å²) in [5.41, 5.74) is 2.07. The summed E-state index contributed by atoms with van der Waals surface area (Å²) in [4.78, 5) is 17.4. The highest BCUT2D eigenvalue weighted by atomic mass is 35.5. The van der Waals surface area contributed by atoms with E-state index in [2.05, 4.69) is 10.3 Å². The second kappa shape index (κ2) is 8.58. The van der Waals surface area contributed by atoms with Crippen molar-refractivity contribution in [2.75, 3.05) is 29.4 Å². The van der Waals surface area contributed by atoms with Gasteiger partial charge in [0.15, 0.2) is 0 Å². The maximum Gasteiger partial charge on any atom is 0.257 e. The summed E-state index contributed by atoms with van der Waals surface area (Å²) in [6.07, 6.45) is 1.40. The molecule has 166 valence electrons. The fourth-order valence-corrected chi connectivity index (χ4v) is 5.86. The average Bonchev–Trinajstić information content (AvgIpc) is 3.32. The maximum absolute atomic E-state index is 13.1. The Bertz CT molecular complexity index is 1130. The summed E-state index contributed by atoms with van der Waals surface area (Å²) in [6.45, 7) is 4.95. The van der Waals surface area contributed by atoms with Gasteiger partial charge in [-0.3, -0.25) is 9.10 Å². The van der Waals surface area contributed by atoms with Crippen LogP contribution in [-0.4, -0.2) is 44.3 Å². The number of benzene rings is 1. The number of halogens is 2. The first-order valence-electron chi connectivity index (χ1n) is 10.0. The third-order valence-electron chi connectivity index (χ3n) is 5.74. The number of sulfonamides is 1. The van der Waals surface area contributed by atoms with Crippen molar-refractivity contribution in [2.24, 2.45) is 0 Å². The van der Waals surface area contributed by atoms with Gasteiger partial charge in [0.2, 0.25) is 10.0 Å². The Morgan fingerprint density at radius 2 is 2.00 bits per heavy atom. The fourth-order valence-electron chi connectivity index (χ4n) is 3.89. The monoisotopic (exact) mass is 483 g/mol. The van der Waals surface area contributed by atoms with Gasteiger partial charge in [-0.05, 0) is 56.5 Å². The first-order valence-corrected chi connectivity index (χ1v) is 12.3. The van der Waals surface area contributed by atoms with E-state index in [0.29, 0.717) is 42.6 Å². The smallest absolute Gasteiger partial charge is 0.257 e. The second-order valence-corrected chi connectivity index (χ2v) is 11.0. The lowest BCUT2D eigenvalue weighted by atomic mass is 9.98. The second-order valence-electron chi connectivity index (χ2n) is 7.93. The number of aryl methyl sites for hydroxylation is 1. The number of ether oxygens (including phenoxy) is 1. The first-order chi connectivity index (χ1) is 14.7. The van der Waals surface area contributed by atoms with Crippen LogP contribution in [0.1, 0.15) is 47.3 Å². The normalized spacial score (nSPS) is 22.6. The van der Waals surface area contributed by atoms with Crippen molar-refractivity contribution in [3.05, 3.63) is 51.1 Å². The molecule has 0 aliphatic carbocycles. The highest BCUT2D eigenvalue weighted by Crippen LogP contribution is 2.33. The van der Waals surface area contributed by atoms with Crippen LogP contribution in [0.4, 0.5) is 11.5 Å². The van der Waals surface area contributed by atoms with Gasteiger partial charge in [-0.15, -0.1) is 0 Å². The van der Waals surface area contributed by atoms with Crippen LogP contribution >= 0.6 is 23.2 Å². The van der Waals surface area contributed by atoms with Crippen molar-refractivity contribution in [2.45, 2.75) is 37.9 Å². The van der Waals surface area contributed by atoms with Crippen LogP contribution < -0.4 is 9.62 Å². The molecule has 2 aliphatic heterocycles. The van der Waals surface area contributed by atoms with Crippen LogP contribution in [0.25, 0.3) is 0 Å². The van der Waals surface area contributed by atoms with E-state index in [-0.39, 0.29) is 22.3 Å². The van der Waals surface area contributed by atoms with Gasteiger partial charge in [-0.25, -0.2) is 13.4 Å². The maximum atomic E-state index is 13.1. The van der Waals surface area contributed by atoms with E-state index >= 15 is 0 Å². The van der Waals surface area contributed by atoms with Gasteiger partial charge in [-0.2, -0.15) is 0 Å². The van der Waals surface area contributed by atoms with Crippen molar-refractivity contribution in [3.8, 4) is 0 Å². The van der Waals surface area contributed by atoms with Crippen LogP contribution in [0.3, 0.4) is 0 Å². The van der Waals surface area contributed by atoms with Crippen molar-refractivity contribution in [1.29, 1.82) is 0 Å². The molecule has 2 aliphatic rings. The van der Waals surface area contributed by atoms with Crippen LogP contribution in [0.15, 0.2) is 24.3 Å². The predicted octanol–water partition coefficient (Wildman–Crippen LogP) is 4.38. The van der Waals surface area contributed by atoms with E-state index in [1.807, 2.05) is 12.1 Å². The van der Waals surface area contributed by atoms with Gasteiger partial charge in [-0.1, -0.05) is 23.2 Å². The molecule has 0 spiro atoms. The highest BCUT2D eigenvalue weighted by Gasteiger charge is 2.37. The van der Waals surface area contributed by atoms with E-state index in [4.69, 9.17) is 27.9 Å². The zero-order chi connectivity index (χ0) is 22.3. The standard InChI is InChI=1S/C21H23Cl2N3O4S/c1-12-3-5-26(31(12,28)29)19-10-18(20(23)13(2)24-19)21(27)25-17-8-15(7-16(22)9-17)14-4-6-30-11-14/h7-10,12,14H,3-6,11H2,1-2H3,(H,25,27). The van der Waals surface area contributed by atoms with E-state index in [1.165, 1.54) is 10.4 Å². The summed E-state index contributed by atoms with van der Waals surface area (Å²) in [6, 6.07) is 6.83. The molecule has 1 N–H and O–H groups in total. The number of carbonyl (C=O) groups is 1. The first kappa shape index (κ1) is 22.3. The van der Waals surface area contributed by atoms with E-state index in [1.54, 1.807) is 19.9 Å². The molecule has 1 aromatic heterocycles. The molecule has 31 heavy (non-hydrogen) atoms. The van der Waals surface area contributed by atoms with Crippen LogP contribution in [0.2, 0.25) is 10.0 Å². The Kier molecular flexibility index (Phi) is 6.18. The molecule has 0 saturated carbocycles. The SMILES string of the molecule is Cc1nc(N2CCC(C)S2(=O)=O)cc(C(=O)Nc2cc(Cl)cc(C3CCOC3)c2)c1Cl. The van der Waals surface area contributed by atoms with Gasteiger partial charge >= 0.3 is 0 Å². The minimum atomic E-state index is -3.50. The van der Waals surface area contributed by atoms with Crippen molar-refractivity contribution in [1.82, 2.24) is 4.98 Å². The number of pyridine rings is 1. The Morgan fingerprint density at radius 3 is 2.65 bits per heavy atom. The quantitative estimate of drug-likeness (QED) is 0.696. The lowest BCUT2D eigenvalue weighted by Crippen LogP contribution is -2.29. The molecule has 2 unspecified atom stereocenters. The number of hydrogen-bond acceptors (Lipinski definition) is 5. The minimum Gasteiger partial charge on any atom is -0.381 e. The molecule has 2 aromatic rings. The van der Waals surface area contributed by atoms with Gasteiger partial charge in [0.25, 0.3) is 5.91 Å². The summed E-state index contributed by atoms with van der Waals surface area (Å²) in [7, 11) is -3.50. The molecule has 0 radical (unpaired) electrons. The average molecular weight is 484 g/mol. The number of anilines is 2. The highest BCUT2D eigenvalue weighted by molar-refractivity contribution is 7.93. The van der Waals surface area contributed by atoms with E-state index in [0.717, 1.165) is 12.0 Å². The Labute approximate surface area is 191 Å². The summed E-state index contributed by atoms with van der Waals surface area (Å²) in [5.74, 6) is -0.0290. The molecular formula is C21H23Cl2N3O4S. The lowest BCUT2D eigenvalue weighted by molar-refractivity contribution is 0.102. The predicted molar refractivity (Wildman–Crippen MR) is 122 cm³/mol. The molecule has 1 aromatic carbocycles. The van der Waals surface area contributed by atoms with E-state index < -0.39 is 21.2 Å². The number of hydrogen-bond donors (Lipinski definition) is 1. The third-order valence-corrected chi connectivity index (χ3v) is 8.68. The molecule has 10 heteroatoms. The molecule has 2 saturated heterocycles. The van der Waals surface area contributed by atoms with Crippen LogP contribution in [0, 0.1) is 6.92 Å². The zero-order valence-electron chi connectivity index (χ0n) is 17.2. The van der Waals surface area contributed by atoms with Crippen LogP contribution in [0.5, 0.6) is 0 Å². The number of aromatic nitrogens is 1. The number of nitrogens with zero attached hydrogens (tertiary/aromatic N) is 2. The molecule has 2 atom stereocenters. The number of nitrogens with one attached hydrogen (secondary N) is 1. The van der Waals surface area contributed by atoms with Crippen molar-refractivity contribution < 1.29 is 17.9 Å². The Morgan fingerprint density at radius 1 is 1.23 bits per heavy atom.